The van der Waals surface area contributed by atoms with E-state index in [4.69, 9.17) is 5.11 Å². The van der Waals surface area contributed by atoms with Crippen LogP contribution in [0.2, 0.25) is 0 Å². The molecule has 92 valence electrons. The number of carbonyl (C=O) groups excluding carboxylic acids is 1. The number of rotatable bonds is 5. The number of carboxylic acid groups (broad SMARTS) is 1. The quantitative estimate of drug-likeness (QED) is 0.819. The standard InChI is InChI=1S/C12H14FNO3/c1-8(12(16)17)6-11(15)14-7-9-2-4-10(13)5-3-9/h2-5,8H,6-7H2,1H3,(H,14,15)(H,16,17). The predicted molar refractivity (Wildman–Crippen MR) is 59.7 cm³/mol. The lowest BCUT2D eigenvalue weighted by atomic mass is 10.1. The highest BCUT2D eigenvalue weighted by Gasteiger charge is 2.15. The topological polar surface area (TPSA) is 66.4 Å². The van der Waals surface area contributed by atoms with Crippen molar-refractivity contribution in [3.8, 4) is 0 Å². The first-order valence-corrected chi connectivity index (χ1v) is 5.23. The lowest BCUT2D eigenvalue weighted by Gasteiger charge is -2.07. The molecule has 1 rings (SSSR count). The van der Waals surface area contributed by atoms with Gasteiger partial charge in [0.15, 0.2) is 0 Å². The minimum atomic E-state index is -0.998. The highest BCUT2D eigenvalue weighted by molar-refractivity contribution is 5.81. The highest BCUT2D eigenvalue weighted by Crippen LogP contribution is 2.04. The molecule has 1 atom stereocenters. The fourth-order valence-electron chi connectivity index (χ4n) is 1.24. The maximum atomic E-state index is 12.6. The molecule has 0 heterocycles. The Kier molecular flexibility index (Phi) is 4.63. The number of amides is 1. The van der Waals surface area contributed by atoms with Gasteiger partial charge in [-0.15, -0.1) is 0 Å². The summed E-state index contributed by atoms with van der Waals surface area (Å²) in [6.45, 7) is 1.74. The molecule has 0 saturated heterocycles. The summed E-state index contributed by atoms with van der Waals surface area (Å²) in [5.41, 5.74) is 0.766. The van der Waals surface area contributed by atoms with Gasteiger partial charge in [-0.3, -0.25) is 9.59 Å². The van der Waals surface area contributed by atoms with Gasteiger partial charge in [0, 0.05) is 13.0 Å². The summed E-state index contributed by atoms with van der Waals surface area (Å²) in [6.07, 6.45) is -0.0590. The summed E-state index contributed by atoms with van der Waals surface area (Å²) in [4.78, 5) is 21.9. The number of aliphatic carboxylic acids is 1. The van der Waals surface area contributed by atoms with Crippen LogP contribution < -0.4 is 5.32 Å². The largest absolute Gasteiger partial charge is 0.481 e. The molecule has 0 aliphatic carbocycles. The Labute approximate surface area is 98.5 Å². The van der Waals surface area contributed by atoms with Gasteiger partial charge in [0.2, 0.25) is 5.91 Å². The molecule has 0 saturated carbocycles. The number of benzene rings is 1. The molecule has 0 spiro atoms. The van der Waals surface area contributed by atoms with E-state index >= 15 is 0 Å². The van der Waals surface area contributed by atoms with Gasteiger partial charge in [0.25, 0.3) is 0 Å². The van der Waals surface area contributed by atoms with E-state index in [1.54, 1.807) is 12.1 Å². The zero-order valence-corrected chi connectivity index (χ0v) is 9.44. The zero-order chi connectivity index (χ0) is 12.8. The molecular weight excluding hydrogens is 225 g/mol. The number of hydrogen-bond donors (Lipinski definition) is 2. The summed E-state index contributed by atoms with van der Waals surface area (Å²) in [6, 6.07) is 5.75. The lowest BCUT2D eigenvalue weighted by molar-refractivity contribution is -0.143. The Bertz CT molecular complexity index is 403. The monoisotopic (exact) mass is 239 g/mol. The van der Waals surface area contributed by atoms with Crippen LogP contribution in [-0.4, -0.2) is 17.0 Å². The summed E-state index contributed by atoms with van der Waals surface area (Å²) in [5.74, 6) is -2.37. The van der Waals surface area contributed by atoms with Crippen LogP contribution >= 0.6 is 0 Å². The first-order valence-electron chi connectivity index (χ1n) is 5.23. The second-order valence-corrected chi connectivity index (χ2v) is 3.85. The third kappa shape index (κ3) is 4.63. The fourth-order valence-corrected chi connectivity index (χ4v) is 1.24. The third-order valence-corrected chi connectivity index (χ3v) is 2.32. The Morgan fingerprint density at radius 1 is 1.35 bits per heavy atom. The van der Waals surface area contributed by atoms with Crippen LogP contribution in [-0.2, 0) is 16.1 Å². The van der Waals surface area contributed by atoms with Crippen LogP contribution in [0.4, 0.5) is 4.39 Å². The Morgan fingerprint density at radius 2 is 1.94 bits per heavy atom. The third-order valence-electron chi connectivity index (χ3n) is 2.32. The van der Waals surface area contributed by atoms with Crippen LogP contribution in [0.3, 0.4) is 0 Å². The van der Waals surface area contributed by atoms with Gasteiger partial charge >= 0.3 is 5.97 Å². The van der Waals surface area contributed by atoms with Crippen molar-refractivity contribution in [3.63, 3.8) is 0 Å². The maximum absolute atomic E-state index is 12.6. The Hall–Kier alpha value is -1.91. The molecule has 1 amide bonds. The van der Waals surface area contributed by atoms with Crippen LogP contribution in [0.5, 0.6) is 0 Å². The van der Waals surface area contributed by atoms with Crippen molar-refractivity contribution in [2.75, 3.05) is 0 Å². The molecule has 0 bridgehead atoms. The second-order valence-electron chi connectivity index (χ2n) is 3.85. The molecule has 4 nitrogen and oxygen atoms in total. The van der Waals surface area contributed by atoms with Gasteiger partial charge in [-0.05, 0) is 17.7 Å². The van der Waals surface area contributed by atoms with Crippen LogP contribution in [0.15, 0.2) is 24.3 Å². The van der Waals surface area contributed by atoms with Gasteiger partial charge in [0.1, 0.15) is 5.82 Å². The van der Waals surface area contributed by atoms with E-state index in [1.807, 2.05) is 0 Å². The predicted octanol–water partition coefficient (Wildman–Crippen LogP) is 1.55. The van der Waals surface area contributed by atoms with E-state index in [1.165, 1.54) is 19.1 Å². The Balaban J connectivity index is 2.38. The van der Waals surface area contributed by atoms with Crippen LogP contribution in [0.25, 0.3) is 0 Å². The highest BCUT2D eigenvalue weighted by atomic mass is 19.1. The Morgan fingerprint density at radius 3 is 2.47 bits per heavy atom. The van der Waals surface area contributed by atoms with E-state index in [2.05, 4.69) is 5.32 Å². The van der Waals surface area contributed by atoms with E-state index in [0.29, 0.717) is 0 Å². The zero-order valence-electron chi connectivity index (χ0n) is 9.44. The average molecular weight is 239 g/mol. The first-order chi connectivity index (χ1) is 7.99. The van der Waals surface area contributed by atoms with Crippen molar-refractivity contribution in [2.24, 2.45) is 5.92 Å². The molecule has 0 radical (unpaired) electrons. The maximum Gasteiger partial charge on any atom is 0.306 e. The smallest absolute Gasteiger partial charge is 0.306 e. The van der Waals surface area contributed by atoms with Gasteiger partial charge in [-0.1, -0.05) is 19.1 Å². The lowest BCUT2D eigenvalue weighted by Crippen LogP contribution is -2.26. The number of carbonyl (C=O) groups is 2. The molecule has 17 heavy (non-hydrogen) atoms. The molecule has 0 aliphatic rings. The minimum Gasteiger partial charge on any atom is -0.481 e. The van der Waals surface area contributed by atoms with E-state index < -0.39 is 11.9 Å². The van der Waals surface area contributed by atoms with Crippen molar-refractivity contribution < 1.29 is 19.1 Å². The number of nitrogens with one attached hydrogen (secondary N) is 1. The van der Waals surface area contributed by atoms with Crippen molar-refractivity contribution in [1.82, 2.24) is 5.32 Å². The van der Waals surface area contributed by atoms with Crippen LogP contribution in [0, 0.1) is 11.7 Å². The van der Waals surface area contributed by atoms with Crippen molar-refractivity contribution in [3.05, 3.63) is 35.6 Å². The summed E-state index contributed by atoms with van der Waals surface area (Å²) >= 11 is 0. The van der Waals surface area contributed by atoms with Crippen molar-refractivity contribution in [2.45, 2.75) is 19.9 Å². The summed E-state index contributed by atoms with van der Waals surface area (Å²) < 4.78 is 12.6. The van der Waals surface area contributed by atoms with Crippen molar-refractivity contribution in [1.29, 1.82) is 0 Å². The first kappa shape index (κ1) is 13.2. The molecule has 1 unspecified atom stereocenters. The van der Waals surface area contributed by atoms with Gasteiger partial charge in [0.05, 0.1) is 5.92 Å². The second kappa shape index (κ2) is 5.98. The molecule has 1 aromatic rings. The molecule has 5 heteroatoms. The normalized spacial score (nSPS) is 11.9. The molecule has 2 N–H and O–H groups in total. The molecular formula is C12H14FNO3. The van der Waals surface area contributed by atoms with Crippen LogP contribution in [0.1, 0.15) is 18.9 Å². The fraction of sp³-hybridized carbons (Fsp3) is 0.333. The van der Waals surface area contributed by atoms with Gasteiger partial charge < -0.3 is 10.4 Å². The number of hydrogen-bond acceptors (Lipinski definition) is 2. The van der Waals surface area contributed by atoms with E-state index in [9.17, 15) is 14.0 Å². The molecule has 1 aromatic carbocycles. The molecule has 0 fully saturated rings. The molecule has 0 aliphatic heterocycles. The number of halogens is 1. The SMILES string of the molecule is CC(CC(=O)NCc1ccc(F)cc1)C(=O)O. The van der Waals surface area contributed by atoms with Crippen molar-refractivity contribution >= 4 is 11.9 Å². The minimum absolute atomic E-state index is 0.0590. The molecule has 0 aromatic heterocycles. The van der Waals surface area contributed by atoms with Gasteiger partial charge in [-0.25, -0.2) is 4.39 Å². The average Bonchev–Trinajstić information content (AvgIpc) is 2.28. The van der Waals surface area contributed by atoms with E-state index in [0.717, 1.165) is 5.56 Å². The number of carboxylic acids is 1. The summed E-state index contributed by atoms with van der Waals surface area (Å²) in [7, 11) is 0. The van der Waals surface area contributed by atoms with E-state index in [-0.39, 0.29) is 24.7 Å². The van der Waals surface area contributed by atoms with Gasteiger partial charge in [-0.2, -0.15) is 0 Å². The summed E-state index contributed by atoms with van der Waals surface area (Å²) in [5, 5.41) is 11.2.